The Labute approximate surface area is 187 Å². The number of carbonyl (C=O) groups excluding carboxylic acids is 2. The highest BCUT2D eigenvalue weighted by atomic mass is 16.5. The first kappa shape index (κ1) is 29.1. The minimum Gasteiger partial charge on any atom is -0.384 e. The van der Waals surface area contributed by atoms with Crippen LogP contribution in [0.15, 0.2) is 0 Å². The molecule has 2 aliphatic rings. The van der Waals surface area contributed by atoms with E-state index in [1.54, 1.807) is 7.11 Å². The number of hydrogen-bond acceptors (Lipinski definition) is 4. The van der Waals surface area contributed by atoms with Crippen LogP contribution in [0.5, 0.6) is 0 Å². The topological polar surface area (TPSA) is 78.6 Å². The first-order valence-electron chi connectivity index (χ1n) is 12.4. The van der Waals surface area contributed by atoms with E-state index in [9.17, 15) is 9.59 Å². The molecule has 5 heteroatoms. The zero-order valence-corrected chi connectivity index (χ0v) is 20.4. The predicted molar refractivity (Wildman–Crippen MR) is 126 cm³/mol. The van der Waals surface area contributed by atoms with Crippen molar-refractivity contribution in [2.45, 2.75) is 98.3 Å². The van der Waals surface area contributed by atoms with Crippen molar-refractivity contribution in [3.63, 3.8) is 0 Å². The predicted octanol–water partition coefficient (Wildman–Crippen LogP) is 5.79. The quantitative estimate of drug-likeness (QED) is 0.446. The van der Waals surface area contributed by atoms with Gasteiger partial charge in [-0.1, -0.05) is 47.0 Å². The van der Waals surface area contributed by atoms with Crippen LogP contribution in [0.3, 0.4) is 0 Å². The number of hydrogen-bond donors (Lipinski definition) is 1. The first-order chi connectivity index (χ1) is 14.5. The van der Waals surface area contributed by atoms with Crippen LogP contribution in [-0.4, -0.2) is 38.6 Å². The first-order valence-corrected chi connectivity index (χ1v) is 12.4. The zero-order valence-electron chi connectivity index (χ0n) is 20.4. The summed E-state index contributed by atoms with van der Waals surface area (Å²) >= 11 is 0. The van der Waals surface area contributed by atoms with E-state index in [2.05, 4.69) is 13.8 Å². The average Bonchev–Trinajstić information content (AvgIpc) is 2.79. The van der Waals surface area contributed by atoms with E-state index in [-0.39, 0.29) is 7.33 Å². The molecule has 2 aliphatic carbocycles. The maximum Gasteiger partial charge on any atom is 0.219 e. The molecule has 2 fully saturated rings. The van der Waals surface area contributed by atoms with E-state index < -0.39 is 0 Å². The molecule has 0 radical (unpaired) electrons. The molecule has 2 N–H and O–H groups in total. The van der Waals surface area contributed by atoms with Crippen LogP contribution >= 0.6 is 0 Å². The molecule has 180 valence electrons. The van der Waals surface area contributed by atoms with Crippen LogP contribution in [0.2, 0.25) is 0 Å². The molecular formula is C25H51NO4. The second-order valence-corrected chi connectivity index (χ2v) is 8.68. The molecule has 1 atom stereocenters. The standard InChI is InChI=1S/C12H23NO3.C11H20O.C2H6.H2/c1-15-8-10-2-4-11(5-3-10)9-16-7-6-12(13)14;1-3-9(2)11(12)10-7-5-4-6-8-10;1-2;/h10-11H,2-9H2,1H3,(H2,13,14);9-10H,3-8H2,1-2H3;1-2H3;1H. The van der Waals surface area contributed by atoms with E-state index in [0.717, 1.165) is 38.4 Å². The van der Waals surface area contributed by atoms with E-state index in [1.165, 1.54) is 44.9 Å². The molecule has 0 bridgehead atoms. The molecule has 0 aromatic carbocycles. The van der Waals surface area contributed by atoms with E-state index >= 15 is 0 Å². The van der Waals surface area contributed by atoms with Gasteiger partial charge in [-0.05, 0) is 56.8 Å². The fraction of sp³-hybridized carbons (Fsp3) is 0.920. The molecule has 0 aliphatic heterocycles. The average molecular weight is 430 g/mol. The minimum absolute atomic E-state index is 0. The largest absolute Gasteiger partial charge is 0.384 e. The van der Waals surface area contributed by atoms with Crippen molar-refractivity contribution in [2.75, 3.05) is 26.9 Å². The van der Waals surface area contributed by atoms with Crippen LogP contribution < -0.4 is 5.73 Å². The van der Waals surface area contributed by atoms with Crippen molar-refractivity contribution in [2.24, 2.45) is 29.4 Å². The second kappa shape index (κ2) is 18.8. The van der Waals surface area contributed by atoms with Crippen LogP contribution in [0.1, 0.15) is 99.8 Å². The number of carbonyl (C=O) groups is 2. The van der Waals surface area contributed by atoms with Crippen LogP contribution in [0.4, 0.5) is 0 Å². The molecular weight excluding hydrogens is 378 g/mol. The zero-order chi connectivity index (χ0) is 22.8. The molecule has 0 saturated heterocycles. The van der Waals surface area contributed by atoms with Crippen molar-refractivity contribution < 1.29 is 20.5 Å². The monoisotopic (exact) mass is 429 g/mol. The second-order valence-electron chi connectivity index (χ2n) is 8.68. The highest BCUT2D eigenvalue weighted by Gasteiger charge is 2.24. The number of ketones is 1. The van der Waals surface area contributed by atoms with E-state index in [0.29, 0.717) is 36.6 Å². The Kier molecular flexibility index (Phi) is 18.2. The van der Waals surface area contributed by atoms with Gasteiger partial charge in [0.15, 0.2) is 0 Å². The summed E-state index contributed by atoms with van der Waals surface area (Å²) in [7, 11) is 1.76. The summed E-state index contributed by atoms with van der Waals surface area (Å²) in [6.45, 7) is 10.3. The Hall–Kier alpha value is -0.940. The maximum absolute atomic E-state index is 11.7. The molecule has 30 heavy (non-hydrogen) atoms. The Morgan fingerprint density at radius 3 is 1.97 bits per heavy atom. The smallest absolute Gasteiger partial charge is 0.219 e. The van der Waals surface area contributed by atoms with Crippen molar-refractivity contribution in [3.05, 3.63) is 0 Å². The number of methoxy groups -OCH3 is 1. The fourth-order valence-corrected chi connectivity index (χ4v) is 4.21. The summed E-state index contributed by atoms with van der Waals surface area (Å²) in [6.07, 6.45) is 12.4. The van der Waals surface area contributed by atoms with Crippen LogP contribution in [-0.2, 0) is 19.1 Å². The molecule has 1 amide bonds. The molecule has 0 spiro atoms. The molecule has 2 rings (SSSR count). The Balaban J connectivity index is 0. The lowest BCUT2D eigenvalue weighted by Gasteiger charge is -2.27. The number of Topliss-reactive ketones (excluding diaryl/α,β-unsaturated/α-hetero) is 1. The highest BCUT2D eigenvalue weighted by molar-refractivity contribution is 5.83. The minimum atomic E-state index is -0.288. The lowest BCUT2D eigenvalue weighted by Crippen LogP contribution is -2.23. The summed E-state index contributed by atoms with van der Waals surface area (Å²) in [4.78, 5) is 22.2. The van der Waals surface area contributed by atoms with Crippen LogP contribution in [0.25, 0.3) is 0 Å². The SMILES string of the molecule is CC.CCC(C)C(=O)C1CCCCC1.COCC1CCC(COCCC(N)=O)CC1.[HH]. The molecule has 5 nitrogen and oxygen atoms in total. The molecule has 0 aromatic rings. The van der Waals surface area contributed by atoms with Gasteiger partial charge in [0.25, 0.3) is 0 Å². The maximum atomic E-state index is 11.7. The Bertz CT molecular complexity index is 433. The van der Waals surface area contributed by atoms with Gasteiger partial charge < -0.3 is 15.2 Å². The summed E-state index contributed by atoms with van der Waals surface area (Å²) in [5, 5.41) is 0. The highest BCUT2D eigenvalue weighted by Crippen LogP contribution is 2.29. The molecule has 0 heterocycles. The van der Waals surface area contributed by atoms with Gasteiger partial charge in [0.05, 0.1) is 6.61 Å². The number of nitrogens with two attached hydrogens (primary N) is 1. The molecule has 1 unspecified atom stereocenters. The summed E-state index contributed by atoms with van der Waals surface area (Å²) in [5.41, 5.74) is 5.03. The van der Waals surface area contributed by atoms with Gasteiger partial charge >= 0.3 is 0 Å². The molecule has 0 aromatic heterocycles. The van der Waals surface area contributed by atoms with Gasteiger partial charge in [0.1, 0.15) is 5.78 Å². The third kappa shape index (κ3) is 13.4. The van der Waals surface area contributed by atoms with Gasteiger partial charge in [-0.3, -0.25) is 9.59 Å². The third-order valence-corrected chi connectivity index (χ3v) is 6.32. The van der Waals surface area contributed by atoms with Gasteiger partial charge in [-0.15, -0.1) is 0 Å². The number of amides is 1. The summed E-state index contributed by atoms with van der Waals surface area (Å²) in [6, 6.07) is 0. The van der Waals surface area contributed by atoms with Crippen molar-refractivity contribution in [1.82, 2.24) is 0 Å². The third-order valence-electron chi connectivity index (χ3n) is 6.32. The van der Waals surface area contributed by atoms with Gasteiger partial charge in [-0.2, -0.15) is 0 Å². The number of primary amides is 1. The number of ether oxygens (including phenoxy) is 2. The van der Waals surface area contributed by atoms with E-state index in [1.807, 2.05) is 13.8 Å². The number of rotatable bonds is 10. The summed E-state index contributed by atoms with van der Waals surface area (Å²) in [5.74, 6) is 2.33. The lowest BCUT2D eigenvalue weighted by molar-refractivity contribution is -0.127. The van der Waals surface area contributed by atoms with Gasteiger partial charge in [0, 0.05) is 40.0 Å². The van der Waals surface area contributed by atoms with Crippen molar-refractivity contribution in [1.29, 1.82) is 0 Å². The Morgan fingerprint density at radius 1 is 0.967 bits per heavy atom. The van der Waals surface area contributed by atoms with Gasteiger partial charge in [-0.25, -0.2) is 0 Å². The van der Waals surface area contributed by atoms with Gasteiger partial charge in [0.2, 0.25) is 5.91 Å². The Morgan fingerprint density at radius 2 is 1.50 bits per heavy atom. The summed E-state index contributed by atoms with van der Waals surface area (Å²) < 4.78 is 10.6. The van der Waals surface area contributed by atoms with Crippen LogP contribution in [0, 0.1) is 23.7 Å². The van der Waals surface area contributed by atoms with Crippen molar-refractivity contribution in [3.8, 4) is 0 Å². The van der Waals surface area contributed by atoms with Crippen molar-refractivity contribution >= 4 is 11.7 Å². The lowest BCUT2D eigenvalue weighted by atomic mass is 9.81. The van der Waals surface area contributed by atoms with E-state index in [4.69, 9.17) is 15.2 Å². The fourth-order valence-electron chi connectivity index (χ4n) is 4.21. The normalized spacial score (nSPS) is 22.7. The molecule has 2 saturated carbocycles.